The summed E-state index contributed by atoms with van der Waals surface area (Å²) in [5.41, 5.74) is 2.58. The van der Waals surface area contributed by atoms with Gasteiger partial charge in [-0.2, -0.15) is 0 Å². The lowest BCUT2D eigenvalue weighted by Gasteiger charge is -2.33. The zero-order chi connectivity index (χ0) is 23.4. The highest BCUT2D eigenvalue weighted by Gasteiger charge is 2.23. The Bertz CT molecular complexity index is 1220. The van der Waals surface area contributed by atoms with Crippen molar-refractivity contribution in [2.24, 2.45) is 0 Å². The topological polar surface area (TPSA) is 91.9 Å². The molecule has 2 N–H and O–H groups in total. The number of nitrogens with zero attached hydrogens (tertiary/aromatic N) is 4. The zero-order valence-corrected chi connectivity index (χ0v) is 19.0. The van der Waals surface area contributed by atoms with Gasteiger partial charge < -0.3 is 20.1 Å². The summed E-state index contributed by atoms with van der Waals surface area (Å²) in [5, 5.41) is 23.6. The molecule has 0 bridgehead atoms. The number of carbonyl (C=O) groups is 1. The average molecular weight is 466 g/mol. The number of fused-ring (bicyclic) bond motifs is 1. The summed E-state index contributed by atoms with van der Waals surface area (Å²) in [4.78, 5) is 16.4. The molecular weight excluding hydrogens is 442 g/mol. The molecule has 0 saturated carbocycles. The predicted octanol–water partition coefficient (Wildman–Crippen LogP) is 4.82. The number of rotatable bonds is 7. The van der Waals surface area contributed by atoms with E-state index in [0.29, 0.717) is 49.0 Å². The summed E-state index contributed by atoms with van der Waals surface area (Å²) in [7, 11) is 0. The lowest BCUT2D eigenvalue weighted by Crippen LogP contribution is -2.38. The fourth-order valence-electron chi connectivity index (χ4n) is 3.92. The Labute approximate surface area is 197 Å². The third-order valence-corrected chi connectivity index (χ3v) is 6.16. The van der Waals surface area contributed by atoms with Gasteiger partial charge in [-0.3, -0.25) is 0 Å². The summed E-state index contributed by atoms with van der Waals surface area (Å²) in [5.74, 6) is 0.402. The van der Waals surface area contributed by atoms with Crippen LogP contribution in [0.1, 0.15) is 24.0 Å². The van der Waals surface area contributed by atoms with Gasteiger partial charge in [0.2, 0.25) is 0 Å². The third-order valence-electron chi connectivity index (χ3n) is 5.75. The number of carboxylic acid groups (broad SMARTS) is 1. The predicted molar refractivity (Wildman–Crippen MR) is 128 cm³/mol. The molecule has 1 aliphatic rings. The van der Waals surface area contributed by atoms with Crippen LogP contribution in [0, 0.1) is 13.5 Å². The first kappa shape index (κ1) is 22.8. The first-order valence-electron chi connectivity index (χ1n) is 10.7. The number of piperidine rings is 1. The monoisotopic (exact) mass is 465 g/mol. The van der Waals surface area contributed by atoms with E-state index in [1.807, 2.05) is 37.3 Å². The Morgan fingerprint density at radius 2 is 2.03 bits per heavy atom. The Balaban J connectivity index is 1.56. The van der Waals surface area contributed by atoms with Crippen LogP contribution in [0.4, 0.5) is 17.3 Å². The van der Waals surface area contributed by atoms with Crippen LogP contribution < -0.4 is 10.2 Å². The lowest BCUT2D eigenvalue weighted by atomic mass is 10.1. The van der Waals surface area contributed by atoms with E-state index in [9.17, 15) is 4.79 Å². The van der Waals surface area contributed by atoms with Crippen molar-refractivity contribution in [2.45, 2.75) is 32.4 Å². The normalized spacial score (nSPS) is 14.3. The van der Waals surface area contributed by atoms with Crippen LogP contribution in [-0.2, 0) is 16.1 Å². The van der Waals surface area contributed by atoms with Crippen molar-refractivity contribution in [3.05, 3.63) is 64.0 Å². The second-order valence-electron chi connectivity index (χ2n) is 8.04. The number of aromatic nitrogens is 2. The number of ether oxygens (including phenoxy) is 1. The van der Waals surface area contributed by atoms with Gasteiger partial charge in [0.15, 0.2) is 17.3 Å². The zero-order valence-electron chi connectivity index (χ0n) is 18.2. The minimum absolute atomic E-state index is 0.0763. The summed E-state index contributed by atoms with van der Waals surface area (Å²) in [6, 6.07) is 11.4. The van der Waals surface area contributed by atoms with Crippen LogP contribution in [-0.4, -0.2) is 47.1 Å². The molecule has 0 amide bonds. The third kappa shape index (κ3) is 5.33. The van der Waals surface area contributed by atoms with E-state index in [1.54, 1.807) is 6.07 Å². The minimum Gasteiger partial charge on any atom is -0.480 e. The molecule has 9 heteroatoms. The maximum Gasteiger partial charge on any atom is 0.329 e. The molecular formula is C24H24ClN5O3. The van der Waals surface area contributed by atoms with E-state index in [-0.39, 0.29) is 12.7 Å². The van der Waals surface area contributed by atoms with Crippen LogP contribution in [0.3, 0.4) is 0 Å². The van der Waals surface area contributed by atoms with Gasteiger partial charge in [-0.25, -0.2) is 9.64 Å². The second-order valence-corrected chi connectivity index (χ2v) is 8.45. The number of halogens is 1. The van der Waals surface area contributed by atoms with Crippen LogP contribution in [0.15, 0.2) is 36.4 Å². The quantitative estimate of drug-likeness (QED) is 0.483. The Kier molecular flexibility index (Phi) is 6.92. The number of hydrogen-bond donors (Lipinski definition) is 2. The first-order chi connectivity index (χ1) is 15.9. The highest BCUT2D eigenvalue weighted by molar-refractivity contribution is 6.31. The van der Waals surface area contributed by atoms with E-state index >= 15 is 0 Å². The van der Waals surface area contributed by atoms with Crippen molar-refractivity contribution in [1.29, 1.82) is 0 Å². The van der Waals surface area contributed by atoms with Crippen LogP contribution in [0.2, 0.25) is 5.02 Å². The second kappa shape index (κ2) is 10.0. The van der Waals surface area contributed by atoms with Gasteiger partial charge in [0.05, 0.1) is 12.7 Å². The average Bonchev–Trinajstić information content (AvgIpc) is 2.83. The molecule has 0 unspecified atom stereocenters. The number of hydrogen-bond acceptors (Lipinski definition) is 6. The maximum atomic E-state index is 10.7. The number of aliphatic carboxylic acids is 1. The molecule has 0 atom stereocenters. The molecule has 0 aliphatic carbocycles. The van der Waals surface area contributed by atoms with Crippen LogP contribution in [0.25, 0.3) is 15.6 Å². The number of carboxylic acids is 1. The maximum absolute atomic E-state index is 10.7. The molecule has 0 spiro atoms. The van der Waals surface area contributed by atoms with E-state index in [2.05, 4.69) is 25.3 Å². The van der Waals surface area contributed by atoms with Gasteiger partial charge in [-0.15, -0.1) is 10.2 Å². The summed E-state index contributed by atoms with van der Waals surface area (Å²) in [6.07, 6.45) is 1.35. The molecule has 170 valence electrons. The number of benzene rings is 2. The molecule has 1 aliphatic heterocycles. The Morgan fingerprint density at radius 1 is 1.24 bits per heavy atom. The summed E-state index contributed by atoms with van der Waals surface area (Å²) < 4.78 is 5.44. The van der Waals surface area contributed by atoms with Crippen molar-refractivity contribution in [2.75, 3.05) is 29.9 Å². The van der Waals surface area contributed by atoms with Crippen LogP contribution in [0.5, 0.6) is 0 Å². The fourth-order valence-corrected chi connectivity index (χ4v) is 4.12. The largest absolute Gasteiger partial charge is 0.480 e. The Morgan fingerprint density at radius 3 is 2.73 bits per heavy atom. The highest BCUT2D eigenvalue weighted by Crippen LogP contribution is 2.33. The van der Waals surface area contributed by atoms with Gasteiger partial charge in [0, 0.05) is 35.4 Å². The van der Waals surface area contributed by atoms with Gasteiger partial charge in [-0.1, -0.05) is 35.9 Å². The molecule has 33 heavy (non-hydrogen) atoms. The highest BCUT2D eigenvalue weighted by atomic mass is 35.5. The van der Waals surface area contributed by atoms with Gasteiger partial charge in [0.25, 0.3) is 0 Å². The molecule has 1 fully saturated rings. The van der Waals surface area contributed by atoms with Gasteiger partial charge in [0.1, 0.15) is 6.61 Å². The van der Waals surface area contributed by atoms with Gasteiger partial charge in [-0.05, 0) is 43.0 Å². The van der Waals surface area contributed by atoms with E-state index in [4.69, 9.17) is 28.0 Å². The molecule has 2 aromatic carbocycles. The summed E-state index contributed by atoms with van der Waals surface area (Å²) >= 11 is 6.25. The van der Waals surface area contributed by atoms with Crippen molar-refractivity contribution < 1.29 is 14.6 Å². The fraction of sp³-hybridized carbons (Fsp3) is 0.333. The summed E-state index contributed by atoms with van der Waals surface area (Å²) in [6.45, 7) is 11.0. The van der Waals surface area contributed by atoms with Crippen molar-refractivity contribution >= 4 is 45.7 Å². The van der Waals surface area contributed by atoms with Gasteiger partial charge >= 0.3 is 5.97 Å². The molecule has 4 rings (SSSR count). The number of nitrogens with one attached hydrogen (secondary N) is 1. The van der Waals surface area contributed by atoms with E-state index in [0.717, 1.165) is 27.7 Å². The minimum atomic E-state index is -0.958. The van der Waals surface area contributed by atoms with Crippen LogP contribution >= 0.6 is 11.6 Å². The molecule has 3 aromatic rings. The molecule has 8 nitrogen and oxygen atoms in total. The smallest absolute Gasteiger partial charge is 0.329 e. The lowest BCUT2D eigenvalue weighted by molar-refractivity contribution is -0.144. The van der Waals surface area contributed by atoms with Crippen molar-refractivity contribution in [3.8, 4) is 0 Å². The first-order valence-corrected chi connectivity index (χ1v) is 11.1. The molecule has 1 aromatic heterocycles. The number of anilines is 2. The van der Waals surface area contributed by atoms with E-state index < -0.39 is 5.97 Å². The SMILES string of the molecule is [C-]#[N+]c1ccc2c(N3CCC(OCC(=O)O)CC3)nnc(NCc3ccc(C)c(Cl)c3)c2c1. The molecule has 2 heterocycles. The molecule has 0 radical (unpaired) electrons. The van der Waals surface area contributed by atoms with Crippen molar-refractivity contribution in [1.82, 2.24) is 10.2 Å². The Hall–Kier alpha value is -3.41. The standard InChI is InChI=1S/C24H24ClN5O3/c1-15-3-4-16(11-21(15)25)13-27-23-20-12-17(26-2)5-6-19(20)24(29-28-23)30-9-7-18(8-10-30)33-14-22(31)32/h3-6,11-12,18H,7-10,13-14H2,1H3,(H,27,28)(H,31,32). The van der Waals surface area contributed by atoms with E-state index in [1.165, 1.54) is 0 Å². The number of aryl methyl sites for hydroxylation is 1. The van der Waals surface area contributed by atoms with Crippen molar-refractivity contribution in [3.63, 3.8) is 0 Å². The molecule has 1 saturated heterocycles.